The molecule has 0 aliphatic rings. The number of rotatable bonds is 6. The SMILES string of the molecule is Fc1cc(CCc2ccc(Cl)cc2)ccc1C[C@H](c1ccccc1)C(F)(F)F. The molecule has 0 heterocycles. The van der Waals surface area contributed by atoms with Crippen molar-refractivity contribution in [1.82, 2.24) is 0 Å². The zero-order valence-corrected chi connectivity index (χ0v) is 15.8. The highest BCUT2D eigenvalue weighted by molar-refractivity contribution is 6.30. The molecular formula is C23H19ClF4. The van der Waals surface area contributed by atoms with Gasteiger partial charge in [0.1, 0.15) is 5.82 Å². The van der Waals surface area contributed by atoms with Gasteiger partial charge in [-0.15, -0.1) is 0 Å². The van der Waals surface area contributed by atoms with Gasteiger partial charge in [0.2, 0.25) is 0 Å². The molecule has 3 aromatic carbocycles. The number of hydrogen-bond donors (Lipinski definition) is 0. The quantitative estimate of drug-likeness (QED) is 0.381. The van der Waals surface area contributed by atoms with E-state index < -0.39 is 24.3 Å². The lowest BCUT2D eigenvalue weighted by atomic mass is 9.90. The number of hydrogen-bond acceptors (Lipinski definition) is 0. The fraction of sp³-hybridized carbons (Fsp3) is 0.217. The molecule has 0 aliphatic heterocycles. The summed E-state index contributed by atoms with van der Waals surface area (Å²) in [6.45, 7) is 0. The van der Waals surface area contributed by atoms with Crippen LogP contribution in [0.15, 0.2) is 72.8 Å². The molecule has 0 amide bonds. The van der Waals surface area contributed by atoms with Crippen molar-refractivity contribution >= 4 is 11.6 Å². The molecule has 28 heavy (non-hydrogen) atoms. The second-order valence-electron chi connectivity index (χ2n) is 6.76. The van der Waals surface area contributed by atoms with E-state index in [1.807, 2.05) is 12.1 Å². The van der Waals surface area contributed by atoms with E-state index >= 15 is 0 Å². The Labute approximate surface area is 166 Å². The molecule has 146 valence electrons. The Balaban J connectivity index is 1.73. The molecule has 1 atom stereocenters. The lowest BCUT2D eigenvalue weighted by Crippen LogP contribution is -2.23. The van der Waals surface area contributed by atoms with Crippen LogP contribution in [0.4, 0.5) is 17.6 Å². The average Bonchev–Trinajstić information content (AvgIpc) is 2.66. The maximum absolute atomic E-state index is 14.5. The first-order valence-electron chi connectivity index (χ1n) is 8.96. The lowest BCUT2D eigenvalue weighted by Gasteiger charge is -2.21. The minimum absolute atomic E-state index is 0.0708. The highest BCUT2D eigenvalue weighted by atomic mass is 35.5. The van der Waals surface area contributed by atoms with E-state index in [4.69, 9.17) is 11.6 Å². The van der Waals surface area contributed by atoms with Gasteiger partial charge in [0, 0.05) is 5.02 Å². The van der Waals surface area contributed by atoms with Crippen LogP contribution in [0.2, 0.25) is 5.02 Å². The van der Waals surface area contributed by atoms with Crippen molar-refractivity contribution in [2.75, 3.05) is 0 Å². The molecule has 0 saturated heterocycles. The van der Waals surface area contributed by atoms with Crippen molar-refractivity contribution in [1.29, 1.82) is 0 Å². The third-order valence-electron chi connectivity index (χ3n) is 4.75. The molecule has 0 bridgehead atoms. The van der Waals surface area contributed by atoms with Crippen LogP contribution in [0.3, 0.4) is 0 Å². The number of halogens is 5. The summed E-state index contributed by atoms with van der Waals surface area (Å²) in [5.41, 5.74) is 2.03. The van der Waals surface area contributed by atoms with E-state index in [1.54, 1.807) is 36.4 Å². The summed E-state index contributed by atoms with van der Waals surface area (Å²) in [4.78, 5) is 0. The molecule has 0 spiro atoms. The third-order valence-corrected chi connectivity index (χ3v) is 5.01. The average molecular weight is 407 g/mol. The van der Waals surface area contributed by atoms with Gasteiger partial charge in [0.25, 0.3) is 0 Å². The smallest absolute Gasteiger partial charge is 0.207 e. The summed E-state index contributed by atoms with van der Waals surface area (Å²) in [5, 5.41) is 0.650. The Bertz CT molecular complexity index is 902. The van der Waals surface area contributed by atoms with Crippen molar-refractivity contribution < 1.29 is 17.6 Å². The van der Waals surface area contributed by atoms with E-state index in [-0.39, 0.29) is 11.1 Å². The Hall–Kier alpha value is -2.33. The Morgan fingerprint density at radius 2 is 1.39 bits per heavy atom. The Morgan fingerprint density at radius 3 is 2.00 bits per heavy atom. The molecule has 0 unspecified atom stereocenters. The summed E-state index contributed by atoms with van der Waals surface area (Å²) >= 11 is 5.86. The van der Waals surface area contributed by atoms with Crippen molar-refractivity contribution in [3.05, 3.63) is 106 Å². The molecule has 0 saturated carbocycles. The van der Waals surface area contributed by atoms with Crippen LogP contribution in [0.25, 0.3) is 0 Å². The molecule has 0 fully saturated rings. The minimum Gasteiger partial charge on any atom is -0.207 e. The molecule has 0 aromatic heterocycles. The van der Waals surface area contributed by atoms with Crippen molar-refractivity contribution in [3.63, 3.8) is 0 Å². The standard InChI is InChI=1S/C23H19ClF4/c24-20-12-9-16(10-13-20)6-7-17-8-11-19(22(25)14-17)15-21(23(26,27)28)18-4-2-1-3-5-18/h1-5,8-14,21H,6-7,15H2/t21-/m1/s1. The summed E-state index contributed by atoms with van der Waals surface area (Å²) in [5.74, 6) is -2.33. The van der Waals surface area contributed by atoms with E-state index in [1.165, 1.54) is 24.3 Å². The van der Waals surface area contributed by atoms with Crippen LogP contribution in [-0.2, 0) is 19.3 Å². The maximum Gasteiger partial charge on any atom is 0.396 e. The van der Waals surface area contributed by atoms with Gasteiger partial charge in [-0.3, -0.25) is 0 Å². The summed E-state index contributed by atoms with van der Waals surface area (Å²) in [7, 11) is 0. The third kappa shape index (κ3) is 5.35. The molecule has 0 radical (unpaired) electrons. The monoisotopic (exact) mass is 406 g/mol. The van der Waals surface area contributed by atoms with Crippen LogP contribution in [0.1, 0.15) is 28.2 Å². The van der Waals surface area contributed by atoms with Gasteiger partial charge >= 0.3 is 6.18 Å². The van der Waals surface area contributed by atoms with Crippen LogP contribution >= 0.6 is 11.6 Å². The predicted molar refractivity (Wildman–Crippen MR) is 104 cm³/mol. The van der Waals surface area contributed by atoms with Gasteiger partial charge in [-0.1, -0.05) is 66.2 Å². The topological polar surface area (TPSA) is 0 Å². The second kappa shape index (κ2) is 8.78. The maximum atomic E-state index is 14.5. The van der Waals surface area contributed by atoms with Gasteiger partial charge in [-0.25, -0.2) is 4.39 Å². The van der Waals surface area contributed by atoms with Crippen LogP contribution < -0.4 is 0 Å². The van der Waals surface area contributed by atoms with Gasteiger partial charge in [-0.2, -0.15) is 13.2 Å². The number of aryl methyl sites for hydroxylation is 2. The molecule has 0 aliphatic carbocycles. The van der Waals surface area contributed by atoms with Crippen molar-refractivity contribution in [2.24, 2.45) is 0 Å². The van der Waals surface area contributed by atoms with Crippen LogP contribution in [0.5, 0.6) is 0 Å². The van der Waals surface area contributed by atoms with E-state index in [9.17, 15) is 17.6 Å². The van der Waals surface area contributed by atoms with Gasteiger partial charge in [0.15, 0.2) is 0 Å². The first-order chi connectivity index (χ1) is 13.3. The molecule has 0 N–H and O–H groups in total. The van der Waals surface area contributed by atoms with Gasteiger partial charge in [-0.05, 0) is 59.7 Å². The Morgan fingerprint density at radius 1 is 0.786 bits per heavy atom. The number of alkyl halides is 3. The lowest BCUT2D eigenvalue weighted by molar-refractivity contribution is -0.150. The number of benzene rings is 3. The first kappa shape index (κ1) is 20.4. The summed E-state index contributed by atoms with van der Waals surface area (Å²) in [6, 6.07) is 19.5. The molecule has 3 aromatic rings. The zero-order chi connectivity index (χ0) is 20.1. The molecule has 0 nitrogen and oxygen atoms in total. The molecule has 5 heteroatoms. The molecular weight excluding hydrogens is 388 g/mol. The van der Waals surface area contributed by atoms with Crippen LogP contribution in [-0.4, -0.2) is 6.18 Å². The van der Waals surface area contributed by atoms with Gasteiger partial charge in [0.05, 0.1) is 5.92 Å². The van der Waals surface area contributed by atoms with E-state index in [0.29, 0.717) is 17.9 Å². The van der Waals surface area contributed by atoms with Gasteiger partial charge < -0.3 is 0 Å². The zero-order valence-electron chi connectivity index (χ0n) is 15.0. The highest BCUT2D eigenvalue weighted by Crippen LogP contribution is 2.37. The fourth-order valence-electron chi connectivity index (χ4n) is 3.18. The minimum atomic E-state index is -4.44. The summed E-state index contributed by atoms with van der Waals surface area (Å²) in [6.07, 6.45) is -3.57. The Kier molecular flexibility index (Phi) is 6.40. The highest BCUT2D eigenvalue weighted by Gasteiger charge is 2.40. The second-order valence-corrected chi connectivity index (χ2v) is 7.20. The van der Waals surface area contributed by atoms with Crippen LogP contribution in [0, 0.1) is 5.82 Å². The first-order valence-corrected chi connectivity index (χ1v) is 9.34. The van der Waals surface area contributed by atoms with Crippen molar-refractivity contribution in [3.8, 4) is 0 Å². The van der Waals surface area contributed by atoms with E-state index in [2.05, 4.69) is 0 Å². The van der Waals surface area contributed by atoms with E-state index in [0.717, 1.165) is 11.1 Å². The predicted octanol–water partition coefficient (Wildman–Crippen LogP) is 7.15. The van der Waals surface area contributed by atoms with Crippen molar-refractivity contribution in [2.45, 2.75) is 31.4 Å². The fourth-order valence-corrected chi connectivity index (χ4v) is 3.31. The molecule has 3 rings (SSSR count). The largest absolute Gasteiger partial charge is 0.396 e. The summed E-state index contributed by atoms with van der Waals surface area (Å²) < 4.78 is 55.0. The normalized spacial score (nSPS) is 12.8.